The van der Waals surface area contributed by atoms with Gasteiger partial charge in [0, 0.05) is 0 Å². The second kappa shape index (κ2) is 6.41. The van der Waals surface area contributed by atoms with E-state index < -0.39 is 0 Å². The minimum absolute atomic E-state index is 0.744. The quantitative estimate of drug-likeness (QED) is 0.858. The molecule has 0 unspecified atom stereocenters. The van der Waals surface area contributed by atoms with Crippen molar-refractivity contribution in [2.45, 2.75) is 19.3 Å². The van der Waals surface area contributed by atoms with E-state index in [1.54, 1.807) is 28.4 Å². The lowest BCUT2D eigenvalue weighted by molar-refractivity contribution is 0.354. The van der Waals surface area contributed by atoms with Gasteiger partial charge in [-0.1, -0.05) is 0 Å². The first-order chi connectivity index (χ1) is 11.2. The third-order valence-electron chi connectivity index (χ3n) is 4.40. The highest BCUT2D eigenvalue weighted by Gasteiger charge is 2.20. The van der Waals surface area contributed by atoms with Crippen molar-refractivity contribution >= 4 is 0 Å². The van der Waals surface area contributed by atoms with Crippen LogP contribution in [0.15, 0.2) is 24.3 Å². The Bertz CT molecular complexity index is 660. The number of benzene rings is 2. The summed E-state index contributed by atoms with van der Waals surface area (Å²) in [4.78, 5) is 0. The van der Waals surface area contributed by atoms with Gasteiger partial charge in [0.1, 0.15) is 0 Å². The van der Waals surface area contributed by atoms with E-state index in [4.69, 9.17) is 18.9 Å². The molecule has 0 spiro atoms. The van der Waals surface area contributed by atoms with Crippen molar-refractivity contribution in [1.82, 2.24) is 0 Å². The molecule has 0 N–H and O–H groups in total. The lowest BCUT2D eigenvalue weighted by Crippen LogP contribution is -1.97. The average molecular weight is 314 g/mol. The minimum atomic E-state index is 0.744. The Morgan fingerprint density at radius 2 is 0.913 bits per heavy atom. The number of ether oxygens (including phenoxy) is 4. The summed E-state index contributed by atoms with van der Waals surface area (Å²) in [6.45, 7) is 0. The van der Waals surface area contributed by atoms with Gasteiger partial charge in [0.05, 0.1) is 28.4 Å². The monoisotopic (exact) mass is 314 g/mol. The predicted molar refractivity (Wildman–Crippen MR) is 90.1 cm³/mol. The number of methoxy groups -OCH3 is 4. The van der Waals surface area contributed by atoms with Gasteiger partial charge >= 0.3 is 0 Å². The first-order valence-corrected chi connectivity index (χ1v) is 7.72. The summed E-state index contributed by atoms with van der Waals surface area (Å²) in [6.07, 6.45) is 3.11. The van der Waals surface area contributed by atoms with Crippen molar-refractivity contribution < 1.29 is 18.9 Å². The van der Waals surface area contributed by atoms with Gasteiger partial charge in [-0.3, -0.25) is 0 Å². The maximum atomic E-state index is 5.48. The van der Waals surface area contributed by atoms with Gasteiger partial charge in [-0.2, -0.15) is 0 Å². The molecule has 0 aromatic heterocycles. The van der Waals surface area contributed by atoms with Crippen molar-refractivity contribution in [3.8, 4) is 34.1 Å². The smallest absolute Gasteiger partial charge is 0.161 e. The second-order valence-corrected chi connectivity index (χ2v) is 5.58. The molecule has 122 valence electrons. The largest absolute Gasteiger partial charge is 0.493 e. The normalized spacial score (nSPS) is 12.7. The van der Waals surface area contributed by atoms with Gasteiger partial charge in [-0.15, -0.1) is 0 Å². The Balaban J connectivity index is 2.23. The van der Waals surface area contributed by atoms with Crippen molar-refractivity contribution in [1.29, 1.82) is 0 Å². The zero-order valence-electron chi connectivity index (χ0n) is 14.1. The van der Waals surface area contributed by atoms with Crippen LogP contribution in [0.5, 0.6) is 23.0 Å². The van der Waals surface area contributed by atoms with E-state index in [1.165, 1.54) is 22.3 Å². The Morgan fingerprint density at radius 1 is 0.565 bits per heavy atom. The van der Waals surface area contributed by atoms with Crippen LogP contribution in [-0.4, -0.2) is 28.4 Å². The van der Waals surface area contributed by atoms with Crippen LogP contribution >= 0.6 is 0 Å². The molecule has 0 bridgehead atoms. The van der Waals surface area contributed by atoms with Crippen LogP contribution in [-0.2, 0) is 12.8 Å². The first-order valence-electron chi connectivity index (χ1n) is 7.72. The molecule has 2 aromatic rings. The van der Waals surface area contributed by atoms with Crippen LogP contribution in [0.2, 0.25) is 0 Å². The number of hydrogen-bond acceptors (Lipinski definition) is 4. The average Bonchev–Trinajstić information content (AvgIpc) is 2.77. The third kappa shape index (κ3) is 2.69. The highest BCUT2D eigenvalue weighted by molar-refractivity contribution is 5.77. The molecule has 0 radical (unpaired) electrons. The molecule has 0 heterocycles. The zero-order chi connectivity index (χ0) is 16.4. The Labute approximate surface area is 136 Å². The zero-order valence-corrected chi connectivity index (χ0v) is 14.1. The molecule has 0 saturated heterocycles. The molecule has 23 heavy (non-hydrogen) atoms. The van der Waals surface area contributed by atoms with Gasteiger partial charge in [0.2, 0.25) is 0 Å². The predicted octanol–water partition coefficient (Wildman–Crippen LogP) is 3.88. The molecule has 3 rings (SSSR count). The van der Waals surface area contributed by atoms with Crippen molar-refractivity contribution in [2.24, 2.45) is 0 Å². The lowest BCUT2D eigenvalue weighted by Gasteiger charge is -2.16. The van der Waals surface area contributed by atoms with E-state index in [9.17, 15) is 0 Å². The van der Waals surface area contributed by atoms with Gasteiger partial charge in [0.25, 0.3) is 0 Å². The van der Waals surface area contributed by atoms with Gasteiger partial charge in [-0.05, 0) is 65.8 Å². The molecule has 0 atom stereocenters. The van der Waals surface area contributed by atoms with E-state index >= 15 is 0 Å². The molecule has 0 aliphatic heterocycles. The molecular formula is C19H22O4. The summed E-state index contributed by atoms with van der Waals surface area (Å²) in [7, 11) is 6.67. The molecule has 0 saturated carbocycles. The molecule has 4 heteroatoms. The van der Waals surface area contributed by atoms with Crippen LogP contribution in [0.25, 0.3) is 11.1 Å². The van der Waals surface area contributed by atoms with E-state index in [0.29, 0.717) is 0 Å². The fraction of sp³-hybridized carbons (Fsp3) is 0.368. The maximum Gasteiger partial charge on any atom is 0.161 e. The fourth-order valence-corrected chi connectivity index (χ4v) is 3.23. The van der Waals surface area contributed by atoms with Gasteiger partial charge < -0.3 is 18.9 Å². The van der Waals surface area contributed by atoms with E-state index in [-0.39, 0.29) is 0 Å². The summed E-state index contributed by atoms with van der Waals surface area (Å²) in [5.41, 5.74) is 4.90. The summed E-state index contributed by atoms with van der Waals surface area (Å²) in [5.74, 6) is 3.04. The minimum Gasteiger partial charge on any atom is -0.493 e. The standard InChI is InChI=1S/C19H22O4/c1-20-16-8-12-6-5-7-13-9-17(21-2)19(23-4)11-15(13)14(12)10-18(16)22-3/h8-11H,5-7H2,1-4H3. The second-order valence-electron chi connectivity index (χ2n) is 5.58. The molecular weight excluding hydrogens is 292 g/mol. The van der Waals surface area contributed by atoms with E-state index in [1.807, 2.05) is 0 Å². The van der Waals surface area contributed by atoms with Gasteiger partial charge in [0.15, 0.2) is 23.0 Å². The molecule has 4 nitrogen and oxygen atoms in total. The van der Waals surface area contributed by atoms with Crippen molar-refractivity contribution in [3.63, 3.8) is 0 Å². The fourth-order valence-electron chi connectivity index (χ4n) is 3.23. The molecule has 1 aliphatic rings. The number of fused-ring (bicyclic) bond motifs is 3. The van der Waals surface area contributed by atoms with Crippen LogP contribution in [0, 0.1) is 0 Å². The van der Waals surface area contributed by atoms with Crippen LogP contribution in [0.1, 0.15) is 17.5 Å². The number of rotatable bonds is 4. The van der Waals surface area contributed by atoms with E-state index in [0.717, 1.165) is 42.3 Å². The van der Waals surface area contributed by atoms with Crippen LogP contribution in [0.4, 0.5) is 0 Å². The van der Waals surface area contributed by atoms with Crippen LogP contribution < -0.4 is 18.9 Å². The Hall–Kier alpha value is -2.36. The highest BCUT2D eigenvalue weighted by Crippen LogP contribution is 2.43. The van der Waals surface area contributed by atoms with E-state index in [2.05, 4.69) is 24.3 Å². The Morgan fingerprint density at radius 3 is 1.26 bits per heavy atom. The highest BCUT2D eigenvalue weighted by atomic mass is 16.5. The van der Waals surface area contributed by atoms with Gasteiger partial charge in [-0.25, -0.2) is 0 Å². The number of aryl methyl sites for hydroxylation is 2. The summed E-state index contributed by atoms with van der Waals surface area (Å²) in [6, 6.07) is 8.29. The lowest BCUT2D eigenvalue weighted by atomic mass is 9.95. The summed E-state index contributed by atoms with van der Waals surface area (Å²) in [5, 5.41) is 0. The molecule has 2 aromatic carbocycles. The topological polar surface area (TPSA) is 36.9 Å². The summed E-state index contributed by atoms with van der Waals surface area (Å²) < 4.78 is 21.8. The first kappa shape index (κ1) is 15.5. The van der Waals surface area contributed by atoms with Crippen LogP contribution in [0.3, 0.4) is 0 Å². The number of hydrogen-bond donors (Lipinski definition) is 0. The molecule has 1 aliphatic carbocycles. The molecule has 0 amide bonds. The Kier molecular flexibility index (Phi) is 4.33. The maximum absolute atomic E-state index is 5.48. The summed E-state index contributed by atoms with van der Waals surface area (Å²) >= 11 is 0. The third-order valence-corrected chi connectivity index (χ3v) is 4.40. The molecule has 0 fully saturated rings. The van der Waals surface area contributed by atoms with Crippen molar-refractivity contribution in [2.75, 3.05) is 28.4 Å². The SMILES string of the molecule is COc1cc2c(cc1OC)-c1cc(OC)c(OC)cc1CCC2. The van der Waals surface area contributed by atoms with Crippen molar-refractivity contribution in [3.05, 3.63) is 35.4 Å².